The topological polar surface area (TPSA) is 92.2 Å². The molecule has 0 aromatic carbocycles. The minimum absolute atomic E-state index is 0. The van der Waals surface area contributed by atoms with Gasteiger partial charge in [0.2, 0.25) is 0 Å². The molecule has 0 rings (SSSR count). The van der Waals surface area contributed by atoms with Gasteiger partial charge in [0.1, 0.15) is 0 Å². The second-order valence-corrected chi connectivity index (χ2v) is 19.7. The minimum Gasteiger partial charge on any atom is -0.854 e. The van der Waals surface area contributed by atoms with Crippen LogP contribution in [0.25, 0.3) is 0 Å². The van der Waals surface area contributed by atoms with Crippen LogP contribution in [-0.4, -0.2) is 23.0 Å². The van der Waals surface area contributed by atoms with E-state index in [1.165, 1.54) is 0 Å². The molecule has 13 heteroatoms. The van der Waals surface area contributed by atoms with Gasteiger partial charge in [-0.2, -0.15) is 0 Å². The average Bonchev–Trinajstić information content (AvgIpc) is 2.30. The average molecular weight is 595 g/mol. The van der Waals surface area contributed by atoms with Crippen LogP contribution < -0.4 is 19.6 Å². The Balaban J connectivity index is -0.0000000831. The summed E-state index contributed by atoms with van der Waals surface area (Å²) in [5.74, 6) is 2.83. The minimum atomic E-state index is -3.43. The molecule has 2 atom stereocenters. The molecule has 0 heterocycles. The Morgan fingerprint density at radius 2 is 0.870 bits per heavy atom. The molecular weight excluding hydrogens is 570 g/mol. The van der Waals surface area contributed by atoms with Crippen LogP contribution in [-0.2, 0) is 103 Å². The first-order valence-electron chi connectivity index (χ1n) is 6.44. The van der Waals surface area contributed by atoms with Crippen molar-refractivity contribution in [1.82, 2.24) is 0 Å². The van der Waals surface area contributed by atoms with Crippen LogP contribution in [0.2, 0.25) is 0 Å². The van der Waals surface area contributed by atoms with Crippen LogP contribution in [0.5, 0.6) is 0 Å². The van der Waals surface area contributed by atoms with Crippen molar-refractivity contribution in [3.8, 4) is 0 Å². The number of hydrogen-bond acceptors (Lipinski definition) is 6. The van der Waals surface area contributed by atoms with Crippen molar-refractivity contribution in [1.29, 1.82) is 0 Å². The van der Waals surface area contributed by atoms with E-state index >= 15 is 0 Å². The van der Waals surface area contributed by atoms with Crippen LogP contribution in [0, 0.1) is 0 Å². The van der Waals surface area contributed by atoms with E-state index in [4.69, 9.17) is 0 Å². The van der Waals surface area contributed by atoms with Crippen molar-refractivity contribution in [2.45, 2.75) is 40.5 Å². The molecule has 128 valence electrons. The molecule has 0 bridgehead atoms. The monoisotopic (exact) mass is 590 g/mol. The molecule has 0 aromatic rings. The molecule has 0 saturated carbocycles. The third-order valence-electron chi connectivity index (χ3n) is 2.18. The summed E-state index contributed by atoms with van der Waals surface area (Å²) in [4.78, 5) is 43.2. The molecule has 0 N–H and O–H groups in total. The van der Waals surface area contributed by atoms with Gasteiger partial charge < -0.3 is 55.5 Å². The zero-order chi connectivity index (χ0) is 16.4. The van der Waals surface area contributed by atoms with Crippen molar-refractivity contribution in [2.24, 2.45) is 0 Å². The van der Waals surface area contributed by atoms with Gasteiger partial charge in [0, 0.05) is 0 Å². The van der Waals surface area contributed by atoms with Crippen LogP contribution in [0.15, 0.2) is 0 Å². The quantitative estimate of drug-likeness (QED) is 0.244. The van der Waals surface area contributed by atoms with Crippen LogP contribution in [0.3, 0.4) is 0 Å². The van der Waals surface area contributed by atoms with Gasteiger partial charge in [0.15, 0.2) is 0 Å². The molecular formula is C10H24O4P2S4Zn3. The van der Waals surface area contributed by atoms with Crippen LogP contribution in [0.4, 0.5) is 0 Å². The maximum absolute atomic E-state index is 10.8. The Bertz CT molecular complexity index is 336. The predicted molar refractivity (Wildman–Crippen MR) is 94.7 cm³/mol. The van der Waals surface area contributed by atoms with Gasteiger partial charge >= 0.3 is 58.4 Å². The predicted octanol–water partition coefficient (Wildman–Crippen LogP) is -0.0481. The van der Waals surface area contributed by atoms with Gasteiger partial charge in [-0.1, -0.05) is 27.7 Å². The summed E-state index contributed by atoms with van der Waals surface area (Å²) in [6, 6.07) is 0. The summed E-state index contributed by atoms with van der Waals surface area (Å²) in [5.41, 5.74) is -6.86. The Kier molecular flexibility index (Phi) is 33.9. The fourth-order valence-corrected chi connectivity index (χ4v) is 11.5. The van der Waals surface area contributed by atoms with E-state index in [9.17, 15) is 19.6 Å². The Morgan fingerprint density at radius 1 is 0.652 bits per heavy atom. The smallest absolute Gasteiger partial charge is 0.854 e. The third-order valence-corrected chi connectivity index (χ3v) is 16.8. The fraction of sp³-hybridized carbons (Fsp3) is 1.00. The van der Waals surface area contributed by atoms with Crippen LogP contribution in [0.1, 0.15) is 40.5 Å². The summed E-state index contributed by atoms with van der Waals surface area (Å²) < 4.78 is 0. The van der Waals surface area contributed by atoms with Gasteiger partial charge in [0.25, 0.3) is 0 Å². The molecule has 0 amide bonds. The van der Waals surface area contributed by atoms with E-state index in [2.05, 4.69) is 24.5 Å². The number of rotatable bonds is 6. The van der Waals surface area contributed by atoms with Crippen molar-refractivity contribution in [2.75, 3.05) is 23.0 Å². The molecule has 0 spiro atoms. The second-order valence-electron chi connectivity index (χ2n) is 3.80. The van der Waals surface area contributed by atoms with Gasteiger partial charge in [-0.05, 0) is 35.9 Å². The first-order chi connectivity index (χ1) is 9.04. The van der Waals surface area contributed by atoms with E-state index in [0.717, 1.165) is 24.3 Å². The van der Waals surface area contributed by atoms with E-state index in [1.54, 1.807) is 0 Å². The third kappa shape index (κ3) is 22.1. The van der Waals surface area contributed by atoms with E-state index < -0.39 is 31.5 Å². The van der Waals surface area contributed by atoms with Crippen molar-refractivity contribution in [3.63, 3.8) is 0 Å². The van der Waals surface area contributed by atoms with Gasteiger partial charge in [-0.3, -0.25) is 0 Å². The Labute approximate surface area is 195 Å². The Morgan fingerprint density at radius 3 is 0.913 bits per heavy atom. The van der Waals surface area contributed by atoms with Gasteiger partial charge in [0.05, 0.1) is 0 Å². The standard InChI is InChI=1S/2C5H12O2PS2.3Zn/c2*1-3-5-10(4-2)8(6,7)9;;;/h2*3-5H2,1-2H3;;;/q2*-3;3*+2. The largest absolute Gasteiger partial charge is 2.00 e. The molecule has 0 fully saturated rings. The normalized spacial score (nSPS) is 13.3. The molecule has 4 nitrogen and oxygen atoms in total. The van der Waals surface area contributed by atoms with Gasteiger partial charge in [-0.15, -0.1) is 0 Å². The maximum atomic E-state index is 10.8. The van der Waals surface area contributed by atoms with Crippen LogP contribution >= 0.6 is 11.4 Å². The summed E-state index contributed by atoms with van der Waals surface area (Å²) in [7, 11) is -1.07. The Hall–Kier alpha value is 3.97. The van der Waals surface area contributed by atoms with Crippen molar-refractivity contribution < 1.29 is 78.0 Å². The first kappa shape index (κ1) is 37.7. The SMILES string of the molecule is CCCS(CC)=P([O-])([O-])[S-].CCCS(CC)=P([O-])([O-])[S-].[Zn+2].[Zn+2].[Zn+2]. The molecule has 0 aromatic heterocycles. The molecule has 0 aliphatic rings. The van der Waals surface area contributed by atoms with E-state index in [-0.39, 0.29) is 58.4 Å². The van der Waals surface area contributed by atoms with E-state index in [0.29, 0.717) is 11.5 Å². The second kappa shape index (κ2) is 20.7. The van der Waals surface area contributed by atoms with E-state index in [1.807, 2.05) is 27.7 Å². The zero-order valence-electron chi connectivity index (χ0n) is 14.5. The summed E-state index contributed by atoms with van der Waals surface area (Å²) in [6.45, 7) is 7.69. The molecule has 0 aliphatic heterocycles. The summed E-state index contributed by atoms with van der Waals surface area (Å²) in [5, 5.41) is 0. The maximum Gasteiger partial charge on any atom is 2.00 e. The molecule has 2 unspecified atom stereocenters. The zero-order valence-corrected chi connectivity index (χ0v) is 28.5. The summed E-state index contributed by atoms with van der Waals surface area (Å²) >= 11 is 8.77. The van der Waals surface area contributed by atoms with Gasteiger partial charge in [-0.25, -0.2) is 20.1 Å². The molecule has 0 saturated heterocycles. The molecule has 0 radical (unpaired) electrons. The first-order valence-corrected chi connectivity index (χ1v) is 16.1. The fourth-order valence-electron chi connectivity index (χ4n) is 1.30. The molecule has 0 aliphatic carbocycles. The van der Waals surface area contributed by atoms with Crippen molar-refractivity contribution >= 4 is 56.0 Å². The number of hydrogen-bond donors (Lipinski definition) is 0. The van der Waals surface area contributed by atoms with Crippen molar-refractivity contribution in [3.05, 3.63) is 0 Å². The molecule has 23 heavy (non-hydrogen) atoms. The summed E-state index contributed by atoms with van der Waals surface area (Å²) in [6.07, 6.45) is 1.81.